The van der Waals surface area contributed by atoms with Gasteiger partial charge in [0.15, 0.2) is 5.54 Å². The zero-order valence-electron chi connectivity index (χ0n) is 14.2. The van der Waals surface area contributed by atoms with E-state index in [0.717, 1.165) is 5.56 Å². The molecule has 1 heterocycles. The van der Waals surface area contributed by atoms with Crippen molar-refractivity contribution >= 4 is 34.7 Å². The van der Waals surface area contributed by atoms with Crippen molar-refractivity contribution in [2.45, 2.75) is 18.9 Å². The van der Waals surface area contributed by atoms with Gasteiger partial charge in [-0.1, -0.05) is 23.7 Å². The molecule has 0 radical (unpaired) electrons. The third kappa shape index (κ3) is 3.13. The highest BCUT2D eigenvalue weighted by Gasteiger charge is 2.47. The molecule has 2 aromatic carbocycles. The number of carbonyl (C=O) groups excluding carboxylic acids is 1. The summed E-state index contributed by atoms with van der Waals surface area (Å²) in [4.78, 5) is 22.8. The first kappa shape index (κ1) is 17.9. The number of carbonyl (C=O) groups is 1. The van der Waals surface area contributed by atoms with Crippen molar-refractivity contribution < 1.29 is 14.5 Å². The second-order valence-electron chi connectivity index (χ2n) is 6.08. The highest BCUT2D eigenvalue weighted by molar-refractivity contribution is 6.30. The number of halogens is 1. The van der Waals surface area contributed by atoms with Crippen LogP contribution < -0.4 is 5.01 Å². The van der Waals surface area contributed by atoms with Crippen LogP contribution in [0, 0.1) is 10.1 Å². The smallest absolute Gasteiger partial charge is 0.333 e. The number of hydrogen-bond donors (Lipinski definition) is 0. The first-order valence-corrected chi connectivity index (χ1v) is 8.19. The van der Waals surface area contributed by atoms with Gasteiger partial charge < -0.3 is 4.74 Å². The van der Waals surface area contributed by atoms with Crippen molar-refractivity contribution in [2.75, 3.05) is 12.1 Å². The summed E-state index contributed by atoms with van der Waals surface area (Å²) >= 11 is 5.93. The van der Waals surface area contributed by atoms with E-state index in [2.05, 4.69) is 5.10 Å². The van der Waals surface area contributed by atoms with Crippen molar-refractivity contribution in [1.29, 1.82) is 0 Å². The number of nitrogens with zero attached hydrogens (tertiary/aromatic N) is 3. The quantitative estimate of drug-likeness (QED) is 0.462. The molecule has 0 N–H and O–H groups in total. The minimum Gasteiger partial charge on any atom is -0.467 e. The van der Waals surface area contributed by atoms with Crippen molar-refractivity contribution in [3.63, 3.8) is 0 Å². The van der Waals surface area contributed by atoms with Crippen LogP contribution in [-0.2, 0) is 9.53 Å². The summed E-state index contributed by atoms with van der Waals surface area (Å²) in [7, 11) is 1.32. The van der Waals surface area contributed by atoms with Gasteiger partial charge in [0.2, 0.25) is 0 Å². The maximum Gasteiger partial charge on any atom is 0.333 e. The van der Waals surface area contributed by atoms with Crippen LogP contribution in [0.5, 0.6) is 0 Å². The predicted molar refractivity (Wildman–Crippen MR) is 98.6 cm³/mol. The Morgan fingerprint density at radius 3 is 2.38 bits per heavy atom. The Balaban J connectivity index is 2.03. The third-order valence-corrected chi connectivity index (χ3v) is 4.56. The molecule has 0 amide bonds. The van der Waals surface area contributed by atoms with Gasteiger partial charge in [0.1, 0.15) is 0 Å². The van der Waals surface area contributed by atoms with E-state index in [1.807, 2.05) is 12.1 Å². The van der Waals surface area contributed by atoms with Gasteiger partial charge in [-0.3, -0.25) is 10.1 Å². The SMILES string of the molecule is COC(=O)C1(C)CC(c2ccc(Cl)cc2)=NN1c1ccc([N+](=O)[O-])cc1. The van der Waals surface area contributed by atoms with Gasteiger partial charge in [0.05, 0.1) is 23.4 Å². The maximum atomic E-state index is 12.5. The van der Waals surface area contributed by atoms with E-state index in [1.165, 1.54) is 19.2 Å². The largest absolute Gasteiger partial charge is 0.467 e. The van der Waals surface area contributed by atoms with Gasteiger partial charge in [-0.15, -0.1) is 0 Å². The summed E-state index contributed by atoms with van der Waals surface area (Å²) < 4.78 is 4.97. The van der Waals surface area contributed by atoms with Crippen LogP contribution in [0.15, 0.2) is 53.6 Å². The zero-order chi connectivity index (χ0) is 18.9. The van der Waals surface area contributed by atoms with E-state index in [9.17, 15) is 14.9 Å². The molecule has 1 aliphatic rings. The monoisotopic (exact) mass is 373 g/mol. The highest BCUT2D eigenvalue weighted by atomic mass is 35.5. The highest BCUT2D eigenvalue weighted by Crippen LogP contribution is 2.36. The Kier molecular flexibility index (Phi) is 4.65. The van der Waals surface area contributed by atoms with E-state index in [-0.39, 0.29) is 5.69 Å². The molecule has 0 aromatic heterocycles. The van der Waals surface area contributed by atoms with Crippen LogP contribution in [-0.4, -0.2) is 29.3 Å². The number of anilines is 1. The Bertz CT molecular complexity index is 880. The topological polar surface area (TPSA) is 85.0 Å². The molecule has 1 aliphatic heterocycles. The average Bonchev–Trinajstić information content (AvgIpc) is 3.00. The number of methoxy groups -OCH3 is 1. The lowest BCUT2D eigenvalue weighted by Crippen LogP contribution is -2.48. The summed E-state index contributed by atoms with van der Waals surface area (Å²) in [6.45, 7) is 1.73. The van der Waals surface area contributed by atoms with Gasteiger partial charge in [0, 0.05) is 23.6 Å². The molecule has 8 heteroatoms. The summed E-state index contributed by atoms with van der Waals surface area (Å²) in [5, 5.41) is 17.6. The average molecular weight is 374 g/mol. The lowest BCUT2D eigenvalue weighted by molar-refractivity contribution is -0.384. The Morgan fingerprint density at radius 2 is 1.85 bits per heavy atom. The minimum absolute atomic E-state index is 0.0328. The molecule has 0 fully saturated rings. The number of ether oxygens (including phenoxy) is 1. The minimum atomic E-state index is -1.06. The van der Waals surface area contributed by atoms with Crippen molar-refractivity contribution in [1.82, 2.24) is 0 Å². The number of benzene rings is 2. The van der Waals surface area contributed by atoms with Gasteiger partial charge in [-0.2, -0.15) is 5.10 Å². The fourth-order valence-electron chi connectivity index (χ4n) is 2.91. The molecule has 7 nitrogen and oxygen atoms in total. The molecule has 1 unspecified atom stereocenters. The molecule has 2 aromatic rings. The molecule has 0 aliphatic carbocycles. The summed E-state index contributed by atoms with van der Waals surface area (Å²) in [6.07, 6.45) is 0.332. The van der Waals surface area contributed by atoms with Gasteiger partial charge in [0.25, 0.3) is 5.69 Å². The van der Waals surface area contributed by atoms with E-state index in [4.69, 9.17) is 16.3 Å². The predicted octanol–water partition coefficient (Wildman–Crippen LogP) is 3.79. The van der Waals surface area contributed by atoms with E-state index in [0.29, 0.717) is 22.8 Å². The lowest BCUT2D eigenvalue weighted by Gasteiger charge is -2.31. The van der Waals surface area contributed by atoms with Gasteiger partial charge in [-0.05, 0) is 36.8 Å². The van der Waals surface area contributed by atoms with Gasteiger partial charge >= 0.3 is 5.97 Å². The van der Waals surface area contributed by atoms with Crippen LogP contribution in [0.25, 0.3) is 0 Å². The Morgan fingerprint density at radius 1 is 1.23 bits per heavy atom. The molecule has 134 valence electrons. The van der Waals surface area contributed by atoms with Crippen LogP contribution >= 0.6 is 11.6 Å². The lowest BCUT2D eigenvalue weighted by atomic mass is 9.92. The second kappa shape index (κ2) is 6.76. The molecular formula is C18H16ClN3O4. The molecular weight excluding hydrogens is 358 g/mol. The van der Waals surface area contributed by atoms with Crippen LogP contribution in [0.2, 0.25) is 5.02 Å². The number of esters is 1. The van der Waals surface area contributed by atoms with E-state index in [1.54, 1.807) is 36.2 Å². The number of rotatable bonds is 4. The number of hydrazone groups is 1. The van der Waals surface area contributed by atoms with Crippen LogP contribution in [0.3, 0.4) is 0 Å². The first-order valence-electron chi connectivity index (χ1n) is 7.81. The number of non-ortho nitro benzene ring substituents is 1. The summed E-state index contributed by atoms with van der Waals surface area (Å²) in [5.41, 5.74) is 1.02. The van der Waals surface area contributed by atoms with Crippen molar-refractivity contribution in [2.24, 2.45) is 5.10 Å². The molecule has 0 spiro atoms. The molecule has 3 rings (SSSR count). The van der Waals surface area contributed by atoms with Crippen molar-refractivity contribution in [3.05, 3.63) is 69.2 Å². The molecule has 26 heavy (non-hydrogen) atoms. The first-order chi connectivity index (χ1) is 12.3. The Labute approximate surface area is 155 Å². The Hall–Kier alpha value is -2.93. The summed E-state index contributed by atoms with van der Waals surface area (Å²) in [6, 6.07) is 13.1. The number of nitro benzene ring substituents is 1. The fourth-order valence-corrected chi connectivity index (χ4v) is 3.03. The van der Waals surface area contributed by atoms with Crippen LogP contribution in [0.1, 0.15) is 18.9 Å². The molecule has 0 saturated carbocycles. The van der Waals surface area contributed by atoms with Gasteiger partial charge in [-0.25, -0.2) is 9.80 Å². The maximum absolute atomic E-state index is 12.5. The van der Waals surface area contributed by atoms with E-state index < -0.39 is 16.4 Å². The molecule has 1 atom stereocenters. The molecule has 0 saturated heterocycles. The molecule has 0 bridgehead atoms. The third-order valence-electron chi connectivity index (χ3n) is 4.31. The standard InChI is InChI=1S/C18H16ClN3O4/c1-18(17(23)26-2)11-16(12-3-5-13(19)6-4-12)20-21(18)14-7-9-15(10-8-14)22(24)25/h3-10H,11H2,1-2H3. The number of nitro groups is 1. The number of hydrogen-bond acceptors (Lipinski definition) is 6. The van der Waals surface area contributed by atoms with Crippen molar-refractivity contribution in [3.8, 4) is 0 Å². The normalized spacial score (nSPS) is 19.2. The summed E-state index contributed by atoms with van der Waals surface area (Å²) in [5.74, 6) is -0.441. The van der Waals surface area contributed by atoms with Crippen LogP contribution in [0.4, 0.5) is 11.4 Å². The van der Waals surface area contributed by atoms with E-state index >= 15 is 0 Å². The zero-order valence-corrected chi connectivity index (χ0v) is 14.9. The fraction of sp³-hybridized carbons (Fsp3) is 0.222. The second-order valence-corrected chi connectivity index (χ2v) is 6.52.